The molecule has 0 aromatic heterocycles. The molecule has 0 bridgehead atoms. The lowest BCUT2D eigenvalue weighted by molar-refractivity contribution is -0.384. The monoisotopic (exact) mass is 295 g/mol. The van der Waals surface area contributed by atoms with Crippen LogP contribution in [0, 0.1) is 10.1 Å². The summed E-state index contributed by atoms with van der Waals surface area (Å²) in [7, 11) is 1.69. The van der Waals surface area contributed by atoms with Gasteiger partial charge in [0, 0.05) is 55.4 Å². The molecule has 6 nitrogen and oxygen atoms in total. The first kappa shape index (κ1) is 14.8. The number of hydrogen-bond donors (Lipinski definition) is 1. The summed E-state index contributed by atoms with van der Waals surface area (Å²) in [5.41, 5.74) is 0.698. The summed E-state index contributed by atoms with van der Waals surface area (Å²) in [5.74, 6) is 2.04. The molecule has 7 heteroatoms. The first-order valence-electron chi connectivity index (χ1n) is 6.40. The molecule has 2 rings (SSSR count). The number of amides is 1. The molecule has 1 unspecified atom stereocenters. The molecule has 0 spiro atoms. The van der Waals surface area contributed by atoms with Crippen molar-refractivity contribution in [1.82, 2.24) is 5.32 Å². The van der Waals surface area contributed by atoms with Crippen LogP contribution >= 0.6 is 11.8 Å². The molecule has 108 valence electrons. The predicted molar refractivity (Wildman–Crippen MR) is 80.2 cm³/mol. The molecule has 1 aliphatic rings. The second-order valence-electron chi connectivity index (χ2n) is 4.66. The lowest BCUT2D eigenvalue weighted by atomic mass is 10.2. The molecular weight excluding hydrogens is 278 g/mol. The molecule has 20 heavy (non-hydrogen) atoms. The van der Waals surface area contributed by atoms with Crippen molar-refractivity contribution in [3.8, 4) is 0 Å². The van der Waals surface area contributed by atoms with Crippen LogP contribution in [-0.4, -0.2) is 42.0 Å². The molecule has 1 N–H and O–H groups in total. The number of benzene rings is 1. The van der Waals surface area contributed by atoms with Crippen molar-refractivity contribution in [2.24, 2.45) is 0 Å². The second-order valence-corrected chi connectivity index (χ2v) is 5.81. The minimum Gasteiger partial charge on any atom is -0.315 e. The Morgan fingerprint density at radius 2 is 2.20 bits per heavy atom. The van der Waals surface area contributed by atoms with Crippen LogP contribution in [0.25, 0.3) is 0 Å². The van der Waals surface area contributed by atoms with E-state index < -0.39 is 4.92 Å². The van der Waals surface area contributed by atoms with E-state index in [0.717, 1.165) is 18.1 Å². The van der Waals surface area contributed by atoms with Crippen LogP contribution in [0.2, 0.25) is 0 Å². The predicted octanol–water partition coefficient (Wildman–Crippen LogP) is 1.65. The van der Waals surface area contributed by atoms with Gasteiger partial charge in [0.1, 0.15) is 0 Å². The largest absolute Gasteiger partial charge is 0.315 e. The molecule has 1 aliphatic heterocycles. The highest BCUT2D eigenvalue weighted by Gasteiger charge is 2.20. The van der Waals surface area contributed by atoms with Gasteiger partial charge in [0.25, 0.3) is 5.69 Å². The number of carbonyl (C=O) groups excluding carboxylic acids is 1. The zero-order valence-corrected chi connectivity index (χ0v) is 12.1. The molecule has 1 aromatic rings. The number of non-ortho nitro benzene ring substituents is 1. The van der Waals surface area contributed by atoms with Gasteiger partial charge in [0.05, 0.1) is 4.92 Å². The summed E-state index contributed by atoms with van der Waals surface area (Å²) in [4.78, 5) is 23.9. The van der Waals surface area contributed by atoms with E-state index in [9.17, 15) is 14.9 Å². The van der Waals surface area contributed by atoms with Gasteiger partial charge < -0.3 is 10.2 Å². The van der Waals surface area contributed by atoms with Gasteiger partial charge in [-0.2, -0.15) is 11.8 Å². The number of nitrogens with one attached hydrogen (secondary N) is 1. The van der Waals surface area contributed by atoms with Crippen LogP contribution in [0.3, 0.4) is 0 Å². The Morgan fingerprint density at radius 3 is 2.75 bits per heavy atom. The third-order valence-corrected chi connectivity index (χ3v) is 4.37. The van der Waals surface area contributed by atoms with E-state index in [1.165, 1.54) is 12.1 Å². The summed E-state index contributed by atoms with van der Waals surface area (Å²) in [5, 5.41) is 13.9. The summed E-state index contributed by atoms with van der Waals surface area (Å²) >= 11 is 1.85. The van der Waals surface area contributed by atoms with E-state index in [1.807, 2.05) is 11.8 Å². The third-order valence-electron chi connectivity index (χ3n) is 3.24. The summed E-state index contributed by atoms with van der Waals surface area (Å²) in [6.07, 6.45) is 0.445. The molecule has 0 radical (unpaired) electrons. The highest BCUT2D eigenvalue weighted by atomic mass is 32.2. The number of hydrogen-bond acceptors (Lipinski definition) is 5. The van der Waals surface area contributed by atoms with Crippen LogP contribution in [0.4, 0.5) is 11.4 Å². The van der Waals surface area contributed by atoms with Crippen molar-refractivity contribution >= 4 is 29.0 Å². The van der Waals surface area contributed by atoms with E-state index in [-0.39, 0.29) is 17.6 Å². The number of carbonyl (C=O) groups is 1. The molecule has 1 atom stereocenters. The van der Waals surface area contributed by atoms with Gasteiger partial charge in [-0.05, 0) is 12.1 Å². The van der Waals surface area contributed by atoms with Gasteiger partial charge in [-0.1, -0.05) is 0 Å². The zero-order chi connectivity index (χ0) is 14.5. The molecule has 0 saturated carbocycles. The van der Waals surface area contributed by atoms with Crippen LogP contribution in [-0.2, 0) is 4.79 Å². The Balaban J connectivity index is 1.96. The highest BCUT2D eigenvalue weighted by Crippen LogP contribution is 2.20. The van der Waals surface area contributed by atoms with Gasteiger partial charge in [-0.15, -0.1) is 0 Å². The number of thioether (sulfide) groups is 1. The minimum atomic E-state index is -0.450. The van der Waals surface area contributed by atoms with Gasteiger partial charge >= 0.3 is 0 Å². The van der Waals surface area contributed by atoms with Crippen molar-refractivity contribution in [3.05, 3.63) is 34.4 Å². The van der Waals surface area contributed by atoms with Crippen molar-refractivity contribution in [2.75, 3.05) is 30.0 Å². The number of anilines is 1. The SMILES string of the molecule is CN(C(=O)CC1CSCCN1)c1ccc([N+](=O)[O-])cc1. The standard InChI is InChI=1S/C13H17N3O3S/c1-15(11-2-4-12(5-3-11)16(18)19)13(17)8-10-9-20-7-6-14-10/h2-5,10,14H,6-9H2,1H3. The summed E-state index contributed by atoms with van der Waals surface area (Å²) in [6, 6.07) is 6.22. The van der Waals surface area contributed by atoms with Crippen LogP contribution in [0.15, 0.2) is 24.3 Å². The molecule has 1 amide bonds. The Morgan fingerprint density at radius 1 is 1.50 bits per heavy atom. The molecule has 1 fully saturated rings. The smallest absolute Gasteiger partial charge is 0.269 e. The number of nitrogens with zero attached hydrogens (tertiary/aromatic N) is 2. The van der Waals surface area contributed by atoms with Crippen molar-refractivity contribution in [2.45, 2.75) is 12.5 Å². The minimum absolute atomic E-state index is 0.0128. The Labute approximate surface area is 121 Å². The average Bonchev–Trinajstić information content (AvgIpc) is 2.47. The maximum absolute atomic E-state index is 12.2. The van der Waals surface area contributed by atoms with Crippen LogP contribution < -0.4 is 10.2 Å². The van der Waals surface area contributed by atoms with E-state index in [0.29, 0.717) is 12.1 Å². The third kappa shape index (κ3) is 3.71. The number of rotatable bonds is 4. The Kier molecular flexibility index (Phi) is 4.97. The molecule has 0 aliphatic carbocycles. The quantitative estimate of drug-likeness (QED) is 0.675. The molecule has 1 heterocycles. The Bertz CT molecular complexity index is 486. The highest BCUT2D eigenvalue weighted by molar-refractivity contribution is 7.99. The Hall–Kier alpha value is -1.60. The molecule has 1 saturated heterocycles. The van der Waals surface area contributed by atoms with E-state index in [4.69, 9.17) is 0 Å². The maximum Gasteiger partial charge on any atom is 0.269 e. The van der Waals surface area contributed by atoms with Crippen molar-refractivity contribution < 1.29 is 9.72 Å². The van der Waals surface area contributed by atoms with Gasteiger partial charge in [-0.25, -0.2) is 0 Å². The zero-order valence-electron chi connectivity index (χ0n) is 11.2. The van der Waals surface area contributed by atoms with Gasteiger partial charge in [0.2, 0.25) is 5.91 Å². The first-order valence-corrected chi connectivity index (χ1v) is 7.55. The average molecular weight is 295 g/mol. The maximum atomic E-state index is 12.2. The number of nitro benzene ring substituents is 1. The van der Waals surface area contributed by atoms with E-state index >= 15 is 0 Å². The summed E-state index contributed by atoms with van der Waals surface area (Å²) in [6.45, 7) is 0.934. The van der Waals surface area contributed by atoms with Crippen LogP contribution in [0.1, 0.15) is 6.42 Å². The molecule has 1 aromatic carbocycles. The first-order chi connectivity index (χ1) is 9.58. The normalized spacial score (nSPS) is 18.6. The fourth-order valence-corrected chi connectivity index (χ4v) is 2.99. The van der Waals surface area contributed by atoms with E-state index in [2.05, 4.69) is 5.32 Å². The summed E-state index contributed by atoms with van der Waals surface area (Å²) < 4.78 is 0. The topological polar surface area (TPSA) is 75.5 Å². The van der Waals surface area contributed by atoms with E-state index in [1.54, 1.807) is 24.1 Å². The second kappa shape index (κ2) is 6.71. The fourth-order valence-electron chi connectivity index (χ4n) is 2.04. The lowest BCUT2D eigenvalue weighted by Crippen LogP contribution is -2.41. The fraction of sp³-hybridized carbons (Fsp3) is 0.462. The van der Waals surface area contributed by atoms with Gasteiger partial charge in [0.15, 0.2) is 0 Å². The van der Waals surface area contributed by atoms with Crippen molar-refractivity contribution in [1.29, 1.82) is 0 Å². The lowest BCUT2D eigenvalue weighted by Gasteiger charge is -2.25. The molecular formula is C13H17N3O3S. The van der Waals surface area contributed by atoms with Crippen molar-refractivity contribution in [3.63, 3.8) is 0 Å². The number of nitro groups is 1. The van der Waals surface area contributed by atoms with Crippen LogP contribution in [0.5, 0.6) is 0 Å². The van der Waals surface area contributed by atoms with Gasteiger partial charge in [-0.3, -0.25) is 14.9 Å².